The van der Waals surface area contributed by atoms with Gasteiger partial charge >= 0.3 is 5.97 Å². The number of carboxylic acids is 1. The van der Waals surface area contributed by atoms with E-state index in [9.17, 15) is 9.90 Å². The molecule has 0 aliphatic heterocycles. The van der Waals surface area contributed by atoms with E-state index >= 15 is 0 Å². The van der Waals surface area contributed by atoms with Crippen molar-refractivity contribution in [3.63, 3.8) is 0 Å². The summed E-state index contributed by atoms with van der Waals surface area (Å²) in [5, 5.41) is 10.6. The lowest BCUT2D eigenvalue weighted by atomic mass is 10.1. The van der Waals surface area contributed by atoms with Crippen LogP contribution in [0.1, 0.15) is 22.5 Å². The number of benzene rings is 2. The number of aryl methyl sites for hydroxylation is 1. The highest BCUT2D eigenvalue weighted by molar-refractivity contribution is 7.99. The van der Waals surface area contributed by atoms with Crippen LogP contribution in [0.3, 0.4) is 0 Å². The van der Waals surface area contributed by atoms with Gasteiger partial charge < -0.3 is 9.84 Å². The molecule has 0 saturated carbocycles. The Balaban J connectivity index is 1.71. The fourth-order valence-corrected chi connectivity index (χ4v) is 4.13. The predicted molar refractivity (Wildman–Crippen MR) is 111 cm³/mol. The highest BCUT2D eigenvalue weighted by Crippen LogP contribution is 2.34. The average molecular weight is 422 g/mol. The summed E-state index contributed by atoms with van der Waals surface area (Å²) in [5.74, 6) is 0.158. The zero-order chi connectivity index (χ0) is 19.4. The van der Waals surface area contributed by atoms with Crippen LogP contribution in [0.5, 0.6) is 5.75 Å². The van der Waals surface area contributed by atoms with Gasteiger partial charge in [-0.1, -0.05) is 40.9 Å². The van der Waals surface area contributed by atoms with Crippen molar-refractivity contribution in [2.45, 2.75) is 18.2 Å². The molecular formula is C20H17Cl2NO3S. The third kappa shape index (κ3) is 5.06. The van der Waals surface area contributed by atoms with Crippen LogP contribution in [0, 0.1) is 6.92 Å². The van der Waals surface area contributed by atoms with Crippen molar-refractivity contribution in [3.05, 3.63) is 63.8 Å². The summed E-state index contributed by atoms with van der Waals surface area (Å²) < 4.78 is 5.85. The molecule has 27 heavy (non-hydrogen) atoms. The molecule has 0 saturated heterocycles. The molecule has 0 amide bonds. The van der Waals surface area contributed by atoms with Gasteiger partial charge in [-0.15, -0.1) is 11.8 Å². The van der Waals surface area contributed by atoms with Crippen molar-refractivity contribution in [2.24, 2.45) is 0 Å². The number of ether oxygens (including phenoxy) is 1. The number of rotatable bonds is 7. The van der Waals surface area contributed by atoms with Crippen LogP contribution in [0.25, 0.3) is 10.9 Å². The SMILES string of the molecule is Cc1cccc(SCCCOc2cc(C(=O)O)nc3cc(Cl)cc(Cl)c23)c1. The van der Waals surface area contributed by atoms with Crippen molar-refractivity contribution >= 4 is 51.8 Å². The van der Waals surface area contributed by atoms with E-state index in [1.165, 1.54) is 16.5 Å². The summed E-state index contributed by atoms with van der Waals surface area (Å²) >= 11 is 14.0. The molecular weight excluding hydrogens is 405 g/mol. The lowest BCUT2D eigenvalue weighted by Gasteiger charge is -2.12. The number of carbonyl (C=O) groups is 1. The summed E-state index contributed by atoms with van der Waals surface area (Å²) in [6, 6.07) is 12.9. The van der Waals surface area contributed by atoms with Crippen LogP contribution in [0.15, 0.2) is 47.4 Å². The monoisotopic (exact) mass is 421 g/mol. The molecule has 0 aliphatic carbocycles. The van der Waals surface area contributed by atoms with Crippen LogP contribution in [-0.4, -0.2) is 28.4 Å². The lowest BCUT2D eigenvalue weighted by Crippen LogP contribution is -2.05. The number of pyridine rings is 1. The molecule has 3 aromatic rings. The summed E-state index contributed by atoms with van der Waals surface area (Å²) in [6.45, 7) is 2.51. The van der Waals surface area contributed by atoms with Crippen LogP contribution in [-0.2, 0) is 0 Å². The molecule has 0 spiro atoms. The minimum absolute atomic E-state index is 0.107. The standard InChI is InChI=1S/C20H17Cl2NO3S/c1-12-4-2-5-14(8-12)27-7-3-6-26-18-11-17(20(24)25)23-16-10-13(21)9-15(22)19(16)18/h2,4-5,8-11H,3,6-7H2,1H3,(H,24,25). The van der Waals surface area contributed by atoms with Gasteiger partial charge in [-0.2, -0.15) is 0 Å². The molecule has 0 fully saturated rings. The Labute approximate surface area is 171 Å². The number of fused-ring (bicyclic) bond motifs is 1. The third-order valence-corrected chi connectivity index (χ3v) is 5.41. The molecule has 140 valence electrons. The van der Waals surface area contributed by atoms with E-state index in [1.54, 1.807) is 23.9 Å². The smallest absolute Gasteiger partial charge is 0.354 e. The van der Waals surface area contributed by atoms with Crippen molar-refractivity contribution in [1.82, 2.24) is 4.98 Å². The average Bonchev–Trinajstić information content (AvgIpc) is 2.60. The molecule has 4 nitrogen and oxygen atoms in total. The van der Waals surface area contributed by atoms with Crippen molar-refractivity contribution < 1.29 is 14.6 Å². The van der Waals surface area contributed by atoms with Crippen molar-refractivity contribution in [2.75, 3.05) is 12.4 Å². The first-order valence-corrected chi connectivity index (χ1v) is 10.0. The molecule has 1 N–H and O–H groups in total. The third-order valence-electron chi connectivity index (χ3n) is 3.81. The quantitative estimate of drug-likeness (QED) is 0.368. The Kier molecular flexibility index (Phi) is 6.47. The fraction of sp³-hybridized carbons (Fsp3) is 0.200. The second-order valence-corrected chi connectivity index (χ2v) is 7.97. The molecule has 0 atom stereocenters. The van der Waals surface area contributed by atoms with Crippen molar-refractivity contribution in [1.29, 1.82) is 0 Å². The second-order valence-electron chi connectivity index (χ2n) is 5.96. The number of hydrogen-bond donors (Lipinski definition) is 1. The minimum Gasteiger partial charge on any atom is -0.493 e. The van der Waals surface area contributed by atoms with E-state index in [0.29, 0.717) is 33.3 Å². The minimum atomic E-state index is -1.13. The Bertz CT molecular complexity index is 994. The van der Waals surface area contributed by atoms with Gasteiger partial charge in [0.25, 0.3) is 0 Å². The number of hydrogen-bond acceptors (Lipinski definition) is 4. The first-order valence-electron chi connectivity index (χ1n) is 8.29. The first-order chi connectivity index (χ1) is 12.9. The lowest BCUT2D eigenvalue weighted by molar-refractivity contribution is 0.0690. The highest BCUT2D eigenvalue weighted by Gasteiger charge is 2.15. The largest absolute Gasteiger partial charge is 0.493 e. The Morgan fingerprint density at radius 1 is 1.22 bits per heavy atom. The highest BCUT2D eigenvalue weighted by atomic mass is 35.5. The van der Waals surface area contributed by atoms with Gasteiger partial charge in [0, 0.05) is 21.7 Å². The van der Waals surface area contributed by atoms with Crippen molar-refractivity contribution in [3.8, 4) is 5.75 Å². The molecule has 2 aromatic carbocycles. The number of aromatic carboxylic acids is 1. The van der Waals surface area contributed by atoms with Gasteiger partial charge in [0.15, 0.2) is 5.69 Å². The Morgan fingerprint density at radius 2 is 2.04 bits per heavy atom. The molecule has 1 heterocycles. The number of nitrogens with zero attached hydrogens (tertiary/aromatic N) is 1. The van der Waals surface area contributed by atoms with E-state index in [4.69, 9.17) is 27.9 Å². The van der Waals surface area contributed by atoms with E-state index in [0.717, 1.165) is 12.2 Å². The van der Waals surface area contributed by atoms with E-state index in [-0.39, 0.29) is 5.69 Å². The van der Waals surface area contributed by atoms with Gasteiger partial charge in [-0.05, 0) is 37.6 Å². The van der Waals surface area contributed by atoms with Gasteiger partial charge in [0.05, 0.1) is 22.5 Å². The molecule has 0 aliphatic rings. The van der Waals surface area contributed by atoms with Crippen LogP contribution in [0.2, 0.25) is 10.0 Å². The van der Waals surface area contributed by atoms with Crippen LogP contribution >= 0.6 is 35.0 Å². The van der Waals surface area contributed by atoms with E-state index in [1.807, 2.05) is 6.07 Å². The van der Waals surface area contributed by atoms with Crippen LogP contribution in [0.4, 0.5) is 0 Å². The molecule has 1 aromatic heterocycles. The van der Waals surface area contributed by atoms with Gasteiger partial charge in [-0.3, -0.25) is 0 Å². The molecule has 0 bridgehead atoms. The van der Waals surface area contributed by atoms with E-state index < -0.39 is 5.97 Å². The maximum atomic E-state index is 11.3. The van der Waals surface area contributed by atoms with E-state index in [2.05, 4.69) is 30.1 Å². The predicted octanol–water partition coefficient (Wildman–Crippen LogP) is 6.11. The zero-order valence-electron chi connectivity index (χ0n) is 14.5. The summed E-state index contributed by atoms with van der Waals surface area (Å²) in [6.07, 6.45) is 0.802. The molecule has 7 heteroatoms. The Hall–Kier alpha value is -1.95. The zero-order valence-corrected chi connectivity index (χ0v) is 16.9. The van der Waals surface area contributed by atoms with Gasteiger partial charge in [0.1, 0.15) is 5.75 Å². The summed E-state index contributed by atoms with van der Waals surface area (Å²) in [5.41, 5.74) is 1.52. The first kappa shape index (κ1) is 19.8. The number of thioether (sulfide) groups is 1. The number of carboxylic acid groups (broad SMARTS) is 1. The second kappa shape index (κ2) is 8.83. The van der Waals surface area contributed by atoms with Gasteiger partial charge in [-0.25, -0.2) is 9.78 Å². The topological polar surface area (TPSA) is 59.4 Å². The molecule has 0 unspecified atom stereocenters. The fourth-order valence-electron chi connectivity index (χ4n) is 2.61. The van der Waals surface area contributed by atoms with Crippen LogP contribution < -0.4 is 4.74 Å². The van der Waals surface area contributed by atoms with Gasteiger partial charge in [0.2, 0.25) is 0 Å². The molecule has 3 rings (SSSR count). The Morgan fingerprint density at radius 3 is 2.78 bits per heavy atom. The maximum absolute atomic E-state index is 11.3. The number of halogens is 2. The maximum Gasteiger partial charge on any atom is 0.354 e. The summed E-state index contributed by atoms with van der Waals surface area (Å²) in [4.78, 5) is 16.7. The number of aromatic nitrogens is 1. The summed E-state index contributed by atoms with van der Waals surface area (Å²) in [7, 11) is 0. The normalized spacial score (nSPS) is 10.9. The molecule has 0 radical (unpaired) electrons.